The fourth-order valence-corrected chi connectivity index (χ4v) is 1.54. The average molecular weight is 350 g/mol. The van der Waals surface area contributed by atoms with Gasteiger partial charge in [-0.2, -0.15) is 0 Å². The predicted molar refractivity (Wildman–Crippen MR) is 71.1 cm³/mol. The van der Waals surface area contributed by atoms with E-state index in [4.69, 9.17) is 14.6 Å². The second-order valence-electron chi connectivity index (χ2n) is 3.66. The maximum atomic E-state index is 13.4. The standard InChI is InChI=1S/C12H13BrFNO5/c13-8-1-2-10(9(14)5-8)20-6-11(16)15-3-4-19-7-12(17)18/h1-2,5H,3-4,6-7H2,(H,15,16)(H,17,18). The molecule has 0 aliphatic rings. The molecule has 1 amide bonds. The summed E-state index contributed by atoms with van der Waals surface area (Å²) in [4.78, 5) is 21.5. The van der Waals surface area contributed by atoms with Crippen LogP contribution in [0.25, 0.3) is 0 Å². The quantitative estimate of drug-likeness (QED) is 0.688. The van der Waals surface area contributed by atoms with Crippen molar-refractivity contribution in [1.29, 1.82) is 0 Å². The molecule has 1 aromatic rings. The minimum atomic E-state index is -1.08. The normalized spacial score (nSPS) is 10.1. The molecule has 0 aromatic heterocycles. The van der Waals surface area contributed by atoms with Crippen molar-refractivity contribution in [1.82, 2.24) is 5.32 Å². The van der Waals surface area contributed by atoms with E-state index >= 15 is 0 Å². The Morgan fingerprint density at radius 3 is 2.75 bits per heavy atom. The third-order valence-corrected chi connectivity index (χ3v) is 2.54. The predicted octanol–water partition coefficient (Wildman–Crippen LogP) is 1.18. The minimum Gasteiger partial charge on any atom is -0.481 e. The summed E-state index contributed by atoms with van der Waals surface area (Å²) in [6.07, 6.45) is 0. The molecule has 0 saturated carbocycles. The van der Waals surface area contributed by atoms with Gasteiger partial charge >= 0.3 is 5.97 Å². The Bertz CT molecular complexity index is 483. The lowest BCUT2D eigenvalue weighted by Crippen LogP contribution is -2.32. The lowest BCUT2D eigenvalue weighted by Gasteiger charge is -2.08. The Hall–Kier alpha value is -1.67. The van der Waals surface area contributed by atoms with E-state index in [0.29, 0.717) is 4.47 Å². The fourth-order valence-electron chi connectivity index (χ4n) is 1.21. The van der Waals surface area contributed by atoms with E-state index in [9.17, 15) is 14.0 Å². The summed E-state index contributed by atoms with van der Waals surface area (Å²) in [5, 5.41) is 10.8. The maximum Gasteiger partial charge on any atom is 0.329 e. The average Bonchev–Trinajstić information content (AvgIpc) is 2.37. The van der Waals surface area contributed by atoms with Crippen LogP contribution in [-0.4, -0.2) is 43.3 Å². The first kappa shape index (κ1) is 16.4. The van der Waals surface area contributed by atoms with E-state index in [2.05, 4.69) is 21.2 Å². The summed E-state index contributed by atoms with van der Waals surface area (Å²) in [6, 6.07) is 4.23. The third kappa shape index (κ3) is 6.48. The van der Waals surface area contributed by atoms with Gasteiger partial charge in [0.15, 0.2) is 18.2 Å². The highest BCUT2D eigenvalue weighted by atomic mass is 79.9. The molecule has 110 valence electrons. The lowest BCUT2D eigenvalue weighted by atomic mass is 10.3. The van der Waals surface area contributed by atoms with Gasteiger partial charge in [0, 0.05) is 11.0 Å². The zero-order valence-electron chi connectivity index (χ0n) is 10.4. The molecule has 0 spiro atoms. The summed E-state index contributed by atoms with van der Waals surface area (Å²) in [6.45, 7) is -0.531. The number of halogens is 2. The van der Waals surface area contributed by atoms with Crippen LogP contribution in [-0.2, 0) is 14.3 Å². The first-order valence-corrected chi connectivity index (χ1v) is 6.42. The van der Waals surface area contributed by atoms with Gasteiger partial charge in [0.25, 0.3) is 5.91 Å². The number of aliphatic carboxylic acids is 1. The van der Waals surface area contributed by atoms with Crippen LogP contribution in [0.15, 0.2) is 22.7 Å². The van der Waals surface area contributed by atoms with Crippen LogP contribution in [0, 0.1) is 5.82 Å². The monoisotopic (exact) mass is 349 g/mol. The van der Waals surface area contributed by atoms with Crippen LogP contribution in [0.2, 0.25) is 0 Å². The fraction of sp³-hybridized carbons (Fsp3) is 0.333. The number of hydrogen-bond donors (Lipinski definition) is 2. The number of carboxylic acids is 1. The SMILES string of the molecule is O=C(O)COCCNC(=O)COc1ccc(Br)cc1F. The Kier molecular flexibility index (Phi) is 6.96. The van der Waals surface area contributed by atoms with Crippen molar-refractivity contribution in [3.63, 3.8) is 0 Å². The number of benzene rings is 1. The number of rotatable bonds is 8. The molecule has 0 fully saturated rings. The largest absolute Gasteiger partial charge is 0.481 e. The number of amides is 1. The molecule has 0 radical (unpaired) electrons. The number of hydrogen-bond acceptors (Lipinski definition) is 4. The molecule has 2 N–H and O–H groups in total. The zero-order valence-corrected chi connectivity index (χ0v) is 12.0. The summed E-state index contributed by atoms with van der Waals surface area (Å²) >= 11 is 3.10. The van der Waals surface area contributed by atoms with E-state index in [1.165, 1.54) is 12.1 Å². The number of carbonyl (C=O) groups is 2. The zero-order chi connectivity index (χ0) is 15.0. The molecule has 6 nitrogen and oxygen atoms in total. The Morgan fingerprint density at radius 2 is 2.10 bits per heavy atom. The van der Waals surface area contributed by atoms with E-state index in [1.807, 2.05) is 0 Å². The van der Waals surface area contributed by atoms with Crippen molar-refractivity contribution >= 4 is 27.8 Å². The van der Waals surface area contributed by atoms with Crippen molar-refractivity contribution < 1.29 is 28.6 Å². The van der Waals surface area contributed by atoms with Crippen LogP contribution in [0.4, 0.5) is 4.39 Å². The minimum absolute atomic E-state index is 0.0227. The van der Waals surface area contributed by atoms with Gasteiger partial charge in [-0.15, -0.1) is 0 Å². The molecule has 0 aliphatic carbocycles. The number of nitrogens with one attached hydrogen (secondary N) is 1. The van der Waals surface area contributed by atoms with Gasteiger partial charge in [-0.05, 0) is 18.2 Å². The molecule has 20 heavy (non-hydrogen) atoms. The van der Waals surface area contributed by atoms with Gasteiger partial charge < -0.3 is 19.9 Å². The summed E-state index contributed by atoms with van der Waals surface area (Å²) in [5.41, 5.74) is 0. The molecule has 0 saturated heterocycles. The van der Waals surface area contributed by atoms with Gasteiger partial charge in [0.2, 0.25) is 0 Å². The first-order valence-electron chi connectivity index (χ1n) is 5.63. The summed E-state index contributed by atoms with van der Waals surface area (Å²) in [5.74, 6) is -2.13. The Labute approximate surface area is 123 Å². The van der Waals surface area contributed by atoms with Crippen LogP contribution >= 0.6 is 15.9 Å². The molecule has 8 heteroatoms. The number of ether oxygens (including phenoxy) is 2. The summed E-state index contributed by atoms with van der Waals surface area (Å²) in [7, 11) is 0. The maximum absolute atomic E-state index is 13.4. The molecule has 1 rings (SSSR count). The summed E-state index contributed by atoms with van der Waals surface area (Å²) < 4.78 is 23.7. The van der Waals surface area contributed by atoms with Crippen molar-refractivity contribution in [2.24, 2.45) is 0 Å². The lowest BCUT2D eigenvalue weighted by molar-refractivity contribution is -0.142. The van der Waals surface area contributed by atoms with Crippen molar-refractivity contribution in [2.75, 3.05) is 26.4 Å². The molecule has 0 bridgehead atoms. The van der Waals surface area contributed by atoms with E-state index in [0.717, 1.165) is 0 Å². The second-order valence-corrected chi connectivity index (χ2v) is 4.58. The Balaban J connectivity index is 2.21. The van der Waals surface area contributed by atoms with Crippen molar-refractivity contribution in [2.45, 2.75) is 0 Å². The first-order chi connectivity index (χ1) is 9.49. The molecule has 0 atom stereocenters. The van der Waals surface area contributed by atoms with Gasteiger partial charge in [-0.3, -0.25) is 4.79 Å². The van der Waals surface area contributed by atoms with Crippen molar-refractivity contribution in [3.05, 3.63) is 28.5 Å². The van der Waals surface area contributed by atoms with E-state index in [-0.39, 0.29) is 25.5 Å². The van der Waals surface area contributed by atoms with Crippen LogP contribution in [0.1, 0.15) is 0 Å². The molecular weight excluding hydrogens is 337 g/mol. The highest BCUT2D eigenvalue weighted by Crippen LogP contribution is 2.21. The molecule has 0 unspecified atom stereocenters. The van der Waals surface area contributed by atoms with Gasteiger partial charge in [-0.1, -0.05) is 15.9 Å². The van der Waals surface area contributed by atoms with E-state index in [1.54, 1.807) is 6.07 Å². The molecule has 0 heterocycles. The van der Waals surface area contributed by atoms with Crippen LogP contribution in [0.5, 0.6) is 5.75 Å². The van der Waals surface area contributed by atoms with Crippen LogP contribution < -0.4 is 10.1 Å². The number of carbonyl (C=O) groups excluding carboxylic acids is 1. The van der Waals surface area contributed by atoms with Crippen molar-refractivity contribution in [3.8, 4) is 5.75 Å². The smallest absolute Gasteiger partial charge is 0.329 e. The van der Waals surface area contributed by atoms with Crippen LogP contribution in [0.3, 0.4) is 0 Å². The Morgan fingerprint density at radius 1 is 1.35 bits per heavy atom. The molecular formula is C12H13BrFNO5. The topological polar surface area (TPSA) is 84.9 Å². The van der Waals surface area contributed by atoms with E-state index < -0.39 is 24.3 Å². The highest BCUT2D eigenvalue weighted by molar-refractivity contribution is 9.10. The highest BCUT2D eigenvalue weighted by Gasteiger charge is 2.07. The van der Waals surface area contributed by atoms with Gasteiger partial charge in [0.1, 0.15) is 6.61 Å². The second kappa shape index (κ2) is 8.49. The molecule has 1 aromatic carbocycles. The van der Waals surface area contributed by atoms with Gasteiger partial charge in [-0.25, -0.2) is 9.18 Å². The molecule has 0 aliphatic heterocycles. The number of carboxylic acid groups (broad SMARTS) is 1. The third-order valence-electron chi connectivity index (χ3n) is 2.05. The van der Waals surface area contributed by atoms with Gasteiger partial charge in [0.05, 0.1) is 6.61 Å².